The van der Waals surface area contributed by atoms with Gasteiger partial charge in [-0.1, -0.05) is 19.3 Å². The molecule has 0 saturated heterocycles. The summed E-state index contributed by atoms with van der Waals surface area (Å²) >= 11 is 0. The second kappa shape index (κ2) is 4.75. The first-order valence-corrected chi connectivity index (χ1v) is 6.29. The minimum atomic E-state index is 0.102. The van der Waals surface area contributed by atoms with E-state index in [-0.39, 0.29) is 5.54 Å². The highest BCUT2D eigenvalue weighted by Crippen LogP contribution is 2.31. The van der Waals surface area contributed by atoms with Crippen molar-refractivity contribution in [2.24, 2.45) is 0 Å². The zero-order valence-corrected chi connectivity index (χ0v) is 10.6. The highest BCUT2D eigenvalue weighted by molar-refractivity contribution is 5.53. The molecule has 1 aromatic rings. The Labute approximate surface area is 103 Å². The maximum absolute atomic E-state index is 9.09. The molecule has 0 radical (unpaired) electrons. The second-order valence-electron chi connectivity index (χ2n) is 5.21. The molecule has 3 nitrogen and oxygen atoms in total. The summed E-state index contributed by atoms with van der Waals surface area (Å²) in [4.78, 5) is 4.45. The summed E-state index contributed by atoms with van der Waals surface area (Å²) in [5.41, 5.74) is 1.69. The summed E-state index contributed by atoms with van der Waals surface area (Å²) in [5, 5.41) is 12.6. The summed E-state index contributed by atoms with van der Waals surface area (Å²) < 4.78 is 0. The first-order chi connectivity index (χ1) is 8.13. The lowest BCUT2D eigenvalue weighted by molar-refractivity contribution is 0.348. The number of hydrogen-bond acceptors (Lipinski definition) is 3. The van der Waals surface area contributed by atoms with Gasteiger partial charge in [0.05, 0.1) is 5.56 Å². The fourth-order valence-electron chi connectivity index (χ4n) is 2.49. The van der Waals surface area contributed by atoms with Crippen molar-refractivity contribution in [1.82, 2.24) is 4.98 Å². The zero-order valence-electron chi connectivity index (χ0n) is 10.6. The molecule has 0 unspecified atom stereocenters. The van der Waals surface area contributed by atoms with Crippen LogP contribution >= 0.6 is 0 Å². The third kappa shape index (κ3) is 2.76. The molecule has 1 aliphatic carbocycles. The van der Waals surface area contributed by atoms with Crippen LogP contribution in [0, 0.1) is 18.3 Å². The van der Waals surface area contributed by atoms with Crippen molar-refractivity contribution >= 4 is 5.82 Å². The van der Waals surface area contributed by atoms with E-state index in [1.54, 1.807) is 0 Å². The largest absolute Gasteiger partial charge is 0.364 e. The van der Waals surface area contributed by atoms with E-state index >= 15 is 0 Å². The molecule has 0 bridgehead atoms. The summed E-state index contributed by atoms with van der Waals surface area (Å²) in [6.07, 6.45) is 6.17. The molecule has 0 aromatic carbocycles. The fourth-order valence-corrected chi connectivity index (χ4v) is 2.49. The molecule has 90 valence electrons. The molecular weight excluding hydrogens is 210 g/mol. The van der Waals surface area contributed by atoms with Crippen molar-refractivity contribution in [3.8, 4) is 6.07 Å². The minimum absolute atomic E-state index is 0.102. The Morgan fingerprint density at radius 2 is 2.00 bits per heavy atom. The van der Waals surface area contributed by atoms with Crippen molar-refractivity contribution < 1.29 is 0 Å². The summed E-state index contributed by atoms with van der Waals surface area (Å²) in [6, 6.07) is 5.93. The van der Waals surface area contributed by atoms with Gasteiger partial charge in [-0.05, 0) is 38.8 Å². The topological polar surface area (TPSA) is 48.7 Å². The molecule has 0 aliphatic heterocycles. The van der Waals surface area contributed by atoms with Crippen molar-refractivity contribution in [3.63, 3.8) is 0 Å². The van der Waals surface area contributed by atoms with Crippen molar-refractivity contribution in [1.29, 1.82) is 5.26 Å². The fraction of sp³-hybridized carbons (Fsp3) is 0.571. The van der Waals surface area contributed by atoms with Gasteiger partial charge < -0.3 is 5.32 Å². The van der Waals surface area contributed by atoms with Gasteiger partial charge in [-0.3, -0.25) is 0 Å². The number of nitrogens with zero attached hydrogens (tertiary/aromatic N) is 2. The van der Waals surface area contributed by atoms with Crippen LogP contribution in [0.3, 0.4) is 0 Å². The van der Waals surface area contributed by atoms with Crippen LogP contribution in [0.1, 0.15) is 50.3 Å². The van der Waals surface area contributed by atoms with Gasteiger partial charge in [-0.2, -0.15) is 5.26 Å². The van der Waals surface area contributed by atoms with Crippen LogP contribution in [0.2, 0.25) is 0 Å². The molecule has 1 aromatic heterocycles. The second-order valence-corrected chi connectivity index (χ2v) is 5.21. The van der Waals surface area contributed by atoms with Gasteiger partial charge in [0.25, 0.3) is 0 Å². The highest BCUT2D eigenvalue weighted by atomic mass is 15.1. The van der Waals surface area contributed by atoms with Gasteiger partial charge in [-0.15, -0.1) is 0 Å². The first kappa shape index (κ1) is 11.9. The zero-order chi connectivity index (χ0) is 12.3. The average molecular weight is 229 g/mol. The Morgan fingerprint density at radius 3 is 2.65 bits per heavy atom. The van der Waals surface area contributed by atoms with Crippen LogP contribution in [0.5, 0.6) is 0 Å². The number of pyridine rings is 1. The van der Waals surface area contributed by atoms with E-state index < -0.39 is 0 Å². The van der Waals surface area contributed by atoms with Crippen LogP contribution in [0.15, 0.2) is 12.1 Å². The van der Waals surface area contributed by atoms with E-state index in [0.29, 0.717) is 5.56 Å². The highest BCUT2D eigenvalue weighted by Gasteiger charge is 2.27. The van der Waals surface area contributed by atoms with Gasteiger partial charge in [0.15, 0.2) is 0 Å². The van der Waals surface area contributed by atoms with Gasteiger partial charge in [0.1, 0.15) is 11.9 Å². The van der Waals surface area contributed by atoms with E-state index in [2.05, 4.69) is 23.3 Å². The Bertz CT molecular complexity index is 439. The summed E-state index contributed by atoms with van der Waals surface area (Å²) in [6.45, 7) is 4.19. The summed E-state index contributed by atoms with van der Waals surface area (Å²) in [7, 11) is 0. The molecular formula is C14H19N3. The van der Waals surface area contributed by atoms with E-state index in [1.165, 1.54) is 19.3 Å². The lowest BCUT2D eigenvalue weighted by atomic mass is 9.83. The number of aryl methyl sites for hydroxylation is 1. The van der Waals surface area contributed by atoms with Gasteiger partial charge in [-0.25, -0.2) is 4.98 Å². The normalized spacial score (nSPS) is 18.4. The van der Waals surface area contributed by atoms with Crippen LogP contribution in [-0.2, 0) is 0 Å². The predicted molar refractivity (Wildman–Crippen MR) is 68.8 cm³/mol. The maximum atomic E-state index is 9.09. The van der Waals surface area contributed by atoms with E-state index in [9.17, 15) is 0 Å². The molecule has 1 aliphatic rings. The Kier molecular flexibility index (Phi) is 3.33. The Balaban J connectivity index is 2.22. The number of hydrogen-bond donors (Lipinski definition) is 1. The molecule has 1 fully saturated rings. The third-order valence-electron chi connectivity index (χ3n) is 3.53. The summed E-state index contributed by atoms with van der Waals surface area (Å²) in [5.74, 6) is 0.747. The lowest BCUT2D eigenvalue weighted by Gasteiger charge is -2.35. The SMILES string of the molecule is Cc1ccc(C#N)c(NC2(C)CCCCC2)n1. The van der Waals surface area contributed by atoms with Crippen molar-refractivity contribution in [2.45, 2.75) is 51.5 Å². The molecule has 2 rings (SSSR count). The smallest absolute Gasteiger partial charge is 0.144 e. The minimum Gasteiger partial charge on any atom is -0.364 e. The van der Waals surface area contributed by atoms with Crippen LogP contribution in [0.25, 0.3) is 0 Å². The van der Waals surface area contributed by atoms with E-state index in [4.69, 9.17) is 5.26 Å². The number of aromatic nitrogens is 1. The molecule has 0 spiro atoms. The Hall–Kier alpha value is -1.56. The molecule has 3 heteroatoms. The van der Waals surface area contributed by atoms with Gasteiger partial charge >= 0.3 is 0 Å². The quantitative estimate of drug-likeness (QED) is 0.845. The monoisotopic (exact) mass is 229 g/mol. The van der Waals surface area contributed by atoms with Crippen LogP contribution in [-0.4, -0.2) is 10.5 Å². The van der Waals surface area contributed by atoms with Crippen LogP contribution in [0.4, 0.5) is 5.82 Å². The molecule has 1 saturated carbocycles. The lowest BCUT2D eigenvalue weighted by Crippen LogP contribution is -2.37. The van der Waals surface area contributed by atoms with Gasteiger partial charge in [0.2, 0.25) is 0 Å². The number of rotatable bonds is 2. The molecule has 0 amide bonds. The molecule has 17 heavy (non-hydrogen) atoms. The predicted octanol–water partition coefficient (Wildman–Crippen LogP) is 3.40. The molecule has 1 N–H and O–H groups in total. The molecule has 1 heterocycles. The third-order valence-corrected chi connectivity index (χ3v) is 3.53. The number of nitriles is 1. The number of anilines is 1. The van der Waals surface area contributed by atoms with Crippen molar-refractivity contribution in [2.75, 3.05) is 5.32 Å². The molecule has 0 atom stereocenters. The van der Waals surface area contributed by atoms with E-state index in [0.717, 1.165) is 24.4 Å². The average Bonchev–Trinajstić information content (AvgIpc) is 2.29. The van der Waals surface area contributed by atoms with Crippen molar-refractivity contribution in [3.05, 3.63) is 23.4 Å². The van der Waals surface area contributed by atoms with E-state index in [1.807, 2.05) is 19.1 Å². The van der Waals surface area contributed by atoms with Gasteiger partial charge in [0, 0.05) is 11.2 Å². The number of nitrogens with one attached hydrogen (secondary N) is 1. The Morgan fingerprint density at radius 1 is 1.29 bits per heavy atom. The van der Waals surface area contributed by atoms with Crippen LogP contribution < -0.4 is 5.32 Å². The standard InChI is InChI=1S/C14H19N3/c1-11-6-7-12(10-15)13(16-11)17-14(2)8-4-3-5-9-14/h6-7H,3-5,8-9H2,1-2H3,(H,16,17). The maximum Gasteiger partial charge on any atom is 0.144 e. The first-order valence-electron chi connectivity index (χ1n) is 6.29.